The highest BCUT2D eigenvalue weighted by Gasteiger charge is 2.29. The van der Waals surface area contributed by atoms with Gasteiger partial charge in [-0.05, 0) is 57.0 Å². The minimum atomic E-state index is -0.369. The van der Waals surface area contributed by atoms with E-state index in [0.717, 1.165) is 18.4 Å². The van der Waals surface area contributed by atoms with Crippen LogP contribution in [0.1, 0.15) is 35.8 Å². The van der Waals surface area contributed by atoms with E-state index < -0.39 is 0 Å². The lowest BCUT2D eigenvalue weighted by molar-refractivity contribution is -0.150. The first kappa shape index (κ1) is 25.5. The Kier molecular flexibility index (Phi) is 8.02. The summed E-state index contributed by atoms with van der Waals surface area (Å²) in [4.78, 5) is 25.5. The number of amides is 1. The van der Waals surface area contributed by atoms with Crippen molar-refractivity contribution in [2.75, 3.05) is 19.7 Å². The van der Waals surface area contributed by atoms with Gasteiger partial charge in [0, 0.05) is 34.3 Å². The predicted octanol–water partition coefficient (Wildman–Crippen LogP) is 5.73. The Bertz CT molecular complexity index is 1240. The van der Waals surface area contributed by atoms with Crippen LogP contribution in [0.2, 0.25) is 15.1 Å². The number of carbonyl (C=O) groups is 2. The minimum absolute atomic E-state index is 0.241. The van der Waals surface area contributed by atoms with E-state index in [0.29, 0.717) is 51.7 Å². The van der Waals surface area contributed by atoms with E-state index in [-0.39, 0.29) is 23.5 Å². The molecule has 2 heterocycles. The summed E-state index contributed by atoms with van der Waals surface area (Å²) in [6.07, 6.45) is 1.50. The first-order chi connectivity index (χ1) is 16.8. The van der Waals surface area contributed by atoms with Gasteiger partial charge in [-0.3, -0.25) is 15.0 Å². The molecule has 2 aromatic carbocycles. The van der Waals surface area contributed by atoms with Crippen LogP contribution < -0.4 is 5.43 Å². The first-order valence-corrected chi connectivity index (χ1v) is 12.5. The standard InChI is InChI=1S/C25H25Cl3N4O3/c1-3-35-25(34)17-5-4-12-31(14-17)30-24(33)22-15(2)23(16-6-8-18(26)9-7-16)32(29-22)21-11-10-19(27)13-20(21)28/h6-11,13,17H,3-5,12,14H2,1-2H3,(H,30,33). The summed E-state index contributed by atoms with van der Waals surface area (Å²) in [7, 11) is 0. The molecule has 0 aliphatic carbocycles. The zero-order valence-electron chi connectivity index (χ0n) is 19.4. The minimum Gasteiger partial charge on any atom is -0.466 e. The molecule has 1 unspecified atom stereocenters. The summed E-state index contributed by atoms with van der Waals surface area (Å²) in [6, 6.07) is 12.4. The maximum Gasteiger partial charge on any atom is 0.310 e. The number of rotatable bonds is 6. The van der Waals surface area contributed by atoms with E-state index >= 15 is 0 Å². The fraction of sp³-hybridized carbons (Fsp3) is 0.320. The number of halogens is 3. The summed E-state index contributed by atoms with van der Waals surface area (Å²) in [6.45, 7) is 4.97. The molecule has 1 aliphatic rings. The quantitative estimate of drug-likeness (QED) is 0.408. The highest BCUT2D eigenvalue weighted by atomic mass is 35.5. The van der Waals surface area contributed by atoms with Gasteiger partial charge in [0.1, 0.15) is 0 Å². The molecular weight excluding hydrogens is 511 g/mol. The van der Waals surface area contributed by atoms with Gasteiger partial charge >= 0.3 is 5.97 Å². The molecule has 1 amide bonds. The van der Waals surface area contributed by atoms with Crippen LogP contribution in [0.3, 0.4) is 0 Å². The van der Waals surface area contributed by atoms with Gasteiger partial charge in [0.05, 0.1) is 28.9 Å². The molecule has 1 fully saturated rings. The molecule has 35 heavy (non-hydrogen) atoms. The number of hydrogen-bond donors (Lipinski definition) is 1. The number of nitrogens with zero attached hydrogens (tertiary/aromatic N) is 3. The van der Waals surface area contributed by atoms with Gasteiger partial charge in [-0.1, -0.05) is 46.9 Å². The SMILES string of the molecule is CCOC(=O)C1CCCN(NC(=O)c2nn(-c3ccc(Cl)cc3Cl)c(-c3ccc(Cl)cc3)c2C)C1. The van der Waals surface area contributed by atoms with Crippen molar-refractivity contribution < 1.29 is 14.3 Å². The molecular formula is C25H25Cl3N4O3. The van der Waals surface area contributed by atoms with Crippen LogP contribution >= 0.6 is 34.8 Å². The number of nitrogens with one attached hydrogen (secondary N) is 1. The predicted molar refractivity (Wildman–Crippen MR) is 137 cm³/mol. The van der Waals surface area contributed by atoms with Crippen LogP contribution in [0.25, 0.3) is 16.9 Å². The van der Waals surface area contributed by atoms with Crippen LogP contribution in [-0.4, -0.2) is 46.4 Å². The topological polar surface area (TPSA) is 76.5 Å². The Labute approximate surface area is 218 Å². The Morgan fingerprint density at radius 1 is 1.11 bits per heavy atom. The molecule has 1 atom stereocenters. The second kappa shape index (κ2) is 11.0. The third-order valence-corrected chi connectivity index (χ3v) is 6.68. The molecule has 1 aromatic heterocycles. The third-order valence-electron chi connectivity index (χ3n) is 5.89. The fourth-order valence-corrected chi connectivity index (χ4v) is 4.83. The Morgan fingerprint density at radius 3 is 2.51 bits per heavy atom. The summed E-state index contributed by atoms with van der Waals surface area (Å²) < 4.78 is 6.80. The number of aromatic nitrogens is 2. The van der Waals surface area contributed by atoms with Gasteiger partial charge in [0.15, 0.2) is 5.69 Å². The summed E-state index contributed by atoms with van der Waals surface area (Å²) in [5.41, 5.74) is 5.96. The Balaban J connectivity index is 1.68. The lowest BCUT2D eigenvalue weighted by atomic mass is 9.99. The van der Waals surface area contributed by atoms with Crippen molar-refractivity contribution in [3.8, 4) is 16.9 Å². The van der Waals surface area contributed by atoms with E-state index in [1.54, 1.807) is 46.9 Å². The molecule has 10 heteroatoms. The van der Waals surface area contributed by atoms with Crippen molar-refractivity contribution in [1.29, 1.82) is 0 Å². The number of hydrogen-bond acceptors (Lipinski definition) is 5. The molecule has 1 aliphatic heterocycles. The van der Waals surface area contributed by atoms with Gasteiger partial charge in [-0.2, -0.15) is 5.10 Å². The molecule has 1 saturated heterocycles. The zero-order valence-corrected chi connectivity index (χ0v) is 21.6. The second-order valence-corrected chi connectivity index (χ2v) is 9.59. The molecule has 0 bridgehead atoms. The monoisotopic (exact) mass is 534 g/mol. The Hall–Kier alpha value is -2.58. The van der Waals surface area contributed by atoms with Gasteiger partial charge in [0.25, 0.3) is 5.91 Å². The van der Waals surface area contributed by atoms with Crippen LogP contribution in [0, 0.1) is 12.8 Å². The zero-order chi connectivity index (χ0) is 25.1. The smallest absolute Gasteiger partial charge is 0.310 e. The number of piperidine rings is 1. The molecule has 7 nitrogen and oxygen atoms in total. The largest absolute Gasteiger partial charge is 0.466 e. The van der Waals surface area contributed by atoms with Crippen LogP contribution in [0.5, 0.6) is 0 Å². The second-order valence-electron chi connectivity index (χ2n) is 8.31. The van der Waals surface area contributed by atoms with Crippen molar-refractivity contribution in [3.63, 3.8) is 0 Å². The van der Waals surface area contributed by atoms with Crippen LogP contribution in [0.4, 0.5) is 0 Å². The van der Waals surface area contributed by atoms with Crippen LogP contribution in [-0.2, 0) is 9.53 Å². The molecule has 0 radical (unpaired) electrons. The van der Waals surface area contributed by atoms with Crippen molar-refractivity contribution in [3.05, 3.63) is 68.8 Å². The highest BCUT2D eigenvalue weighted by molar-refractivity contribution is 6.35. The fourth-order valence-electron chi connectivity index (χ4n) is 4.21. The van der Waals surface area contributed by atoms with E-state index in [9.17, 15) is 9.59 Å². The van der Waals surface area contributed by atoms with Crippen molar-refractivity contribution >= 4 is 46.7 Å². The average molecular weight is 536 g/mol. The first-order valence-electron chi connectivity index (χ1n) is 11.3. The molecule has 4 rings (SSSR count). The number of ether oxygens (including phenoxy) is 1. The maximum absolute atomic E-state index is 13.3. The van der Waals surface area contributed by atoms with Crippen molar-refractivity contribution in [1.82, 2.24) is 20.2 Å². The summed E-state index contributed by atoms with van der Waals surface area (Å²) >= 11 is 18.7. The van der Waals surface area contributed by atoms with Gasteiger partial charge < -0.3 is 4.74 Å². The third kappa shape index (κ3) is 5.64. The Morgan fingerprint density at radius 2 is 1.83 bits per heavy atom. The highest BCUT2D eigenvalue weighted by Crippen LogP contribution is 2.33. The summed E-state index contributed by atoms with van der Waals surface area (Å²) in [5.74, 6) is -0.888. The number of esters is 1. The average Bonchev–Trinajstić information content (AvgIpc) is 3.17. The molecule has 0 saturated carbocycles. The number of carbonyl (C=O) groups excluding carboxylic acids is 2. The van der Waals surface area contributed by atoms with E-state index in [1.165, 1.54) is 0 Å². The van der Waals surface area contributed by atoms with E-state index in [2.05, 4.69) is 10.5 Å². The molecule has 0 spiro atoms. The molecule has 3 aromatic rings. The van der Waals surface area contributed by atoms with Gasteiger partial charge in [-0.15, -0.1) is 0 Å². The maximum atomic E-state index is 13.3. The number of hydrazine groups is 1. The van der Waals surface area contributed by atoms with E-state index in [1.807, 2.05) is 19.1 Å². The number of benzene rings is 2. The van der Waals surface area contributed by atoms with Crippen molar-refractivity contribution in [2.24, 2.45) is 5.92 Å². The molecule has 1 N–H and O–H groups in total. The van der Waals surface area contributed by atoms with E-state index in [4.69, 9.17) is 39.5 Å². The summed E-state index contributed by atoms with van der Waals surface area (Å²) in [5, 5.41) is 7.89. The lowest BCUT2D eigenvalue weighted by Gasteiger charge is -2.31. The van der Waals surface area contributed by atoms with Gasteiger partial charge in [0.2, 0.25) is 0 Å². The lowest BCUT2D eigenvalue weighted by Crippen LogP contribution is -2.49. The van der Waals surface area contributed by atoms with Crippen LogP contribution in [0.15, 0.2) is 42.5 Å². The molecule has 184 valence electrons. The van der Waals surface area contributed by atoms with Gasteiger partial charge in [-0.25, -0.2) is 9.69 Å². The normalized spacial score (nSPS) is 16.2. The van der Waals surface area contributed by atoms with Crippen molar-refractivity contribution in [2.45, 2.75) is 26.7 Å².